The van der Waals surface area contributed by atoms with Gasteiger partial charge in [0, 0.05) is 12.1 Å². The molecule has 0 radical (unpaired) electrons. The van der Waals surface area contributed by atoms with Crippen LogP contribution in [0.3, 0.4) is 0 Å². The number of anilines is 1. The molecule has 0 bridgehead atoms. The Morgan fingerprint density at radius 1 is 1.15 bits per heavy atom. The summed E-state index contributed by atoms with van der Waals surface area (Å²) < 4.78 is 10.7. The standard InChI is InChI=1S/C21H22N2O3/c1-25-19-10-7-16(11-20(19)26-2)18(15-5-6-15)12-21(24)23-17-8-3-14(13-22)4-9-17/h3-4,7-11,15,18H,5-6,12H2,1-2H3,(H,23,24). The van der Waals surface area contributed by atoms with Gasteiger partial charge in [0.25, 0.3) is 0 Å². The molecule has 1 amide bonds. The Labute approximate surface area is 153 Å². The van der Waals surface area contributed by atoms with Gasteiger partial charge in [-0.1, -0.05) is 6.07 Å². The van der Waals surface area contributed by atoms with Crippen molar-refractivity contribution in [3.05, 3.63) is 53.6 Å². The Morgan fingerprint density at radius 3 is 2.42 bits per heavy atom. The van der Waals surface area contributed by atoms with E-state index in [2.05, 4.69) is 11.4 Å². The van der Waals surface area contributed by atoms with Gasteiger partial charge >= 0.3 is 0 Å². The number of amides is 1. The van der Waals surface area contributed by atoms with E-state index in [1.54, 1.807) is 38.5 Å². The van der Waals surface area contributed by atoms with Crippen LogP contribution in [0.15, 0.2) is 42.5 Å². The van der Waals surface area contributed by atoms with E-state index in [1.807, 2.05) is 18.2 Å². The average molecular weight is 350 g/mol. The highest BCUT2D eigenvalue weighted by atomic mass is 16.5. The number of nitrogens with one attached hydrogen (secondary N) is 1. The zero-order valence-electron chi connectivity index (χ0n) is 15.0. The molecule has 0 heterocycles. The van der Waals surface area contributed by atoms with E-state index < -0.39 is 0 Å². The first-order valence-electron chi connectivity index (χ1n) is 8.66. The lowest BCUT2D eigenvalue weighted by Gasteiger charge is -2.18. The number of ether oxygens (including phenoxy) is 2. The smallest absolute Gasteiger partial charge is 0.224 e. The number of carbonyl (C=O) groups is 1. The van der Waals surface area contributed by atoms with Crippen LogP contribution in [0.1, 0.15) is 36.3 Å². The SMILES string of the molecule is COc1ccc(C(CC(=O)Nc2ccc(C#N)cc2)C2CC2)cc1OC. The molecule has 0 aliphatic heterocycles. The molecule has 3 rings (SSSR count). The molecular weight excluding hydrogens is 328 g/mol. The molecule has 2 aromatic carbocycles. The van der Waals surface area contributed by atoms with E-state index in [0.29, 0.717) is 35.1 Å². The van der Waals surface area contributed by atoms with Gasteiger partial charge in [0.2, 0.25) is 5.91 Å². The van der Waals surface area contributed by atoms with Crippen LogP contribution < -0.4 is 14.8 Å². The van der Waals surface area contributed by atoms with Crippen molar-refractivity contribution in [2.24, 2.45) is 5.92 Å². The summed E-state index contributed by atoms with van der Waals surface area (Å²) in [5.41, 5.74) is 2.38. The summed E-state index contributed by atoms with van der Waals surface area (Å²) in [7, 11) is 3.23. The highest BCUT2D eigenvalue weighted by molar-refractivity contribution is 5.91. The molecule has 2 aromatic rings. The lowest BCUT2D eigenvalue weighted by atomic mass is 9.90. The van der Waals surface area contributed by atoms with Crippen LogP contribution in [0.2, 0.25) is 0 Å². The zero-order chi connectivity index (χ0) is 18.5. The number of hydrogen-bond acceptors (Lipinski definition) is 4. The molecular formula is C21H22N2O3. The first kappa shape index (κ1) is 17.8. The lowest BCUT2D eigenvalue weighted by molar-refractivity contribution is -0.116. The minimum Gasteiger partial charge on any atom is -0.493 e. The Bertz CT molecular complexity index is 820. The van der Waals surface area contributed by atoms with Crippen molar-refractivity contribution < 1.29 is 14.3 Å². The van der Waals surface area contributed by atoms with Gasteiger partial charge in [0.1, 0.15) is 0 Å². The van der Waals surface area contributed by atoms with Crippen molar-refractivity contribution in [3.8, 4) is 17.6 Å². The lowest BCUT2D eigenvalue weighted by Crippen LogP contribution is -2.17. The second-order valence-corrected chi connectivity index (χ2v) is 6.50. The van der Waals surface area contributed by atoms with Gasteiger partial charge in [0.15, 0.2) is 11.5 Å². The predicted molar refractivity (Wildman–Crippen MR) is 99.4 cm³/mol. The van der Waals surface area contributed by atoms with E-state index in [-0.39, 0.29) is 11.8 Å². The fourth-order valence-electron chi connectivity index (χ4n) is 3.18. The third kappa shape index (κ3) is 4.15. The summed E-state index contributed by atoms with van der Waals surface area (Å²) >= 11 is 0. The molecule has 26 heavy (non-hydrogen) atoms. The average Bonchev–Trinajstić information content (AvgIpc) is 3.51. The first-order valence-corrected chi connectivity index (χ1v) is 8.66. The van der Waals surface area contributed by atoms with Crippen molar-refractivity contribution in [1.29, 1.82) is 5.26 Å². The molecule has 5 heteroatoms. The van der Waals surface area contributed by atoms with E-state index in [1.165, 1.54) is 0 Å². The number of benzene rings is 2. The van der Waals surface area contributed by atoms with Crippen molar-refractivity contribution in [2.75, 3.05) is 19.5 Å². The van der Waals surface area contributed by atoms with Crippen molar-refractivity contribution >= 4 is 11.6 Å². The minimum atomic E-state index is -0.0265. The Balaban J connectivity index is 1.72. The van der Waals surface area contributed by atoms with E-state index in [9.17, 15) is 4.79 Å². The third-order valence-electron chi connectivity index (χ3n) is 4.73. The third-order valence-corrected chi connectivity index (χ3v) is 4.73. The quantitative estimate of drug-likeness (QED) is 0.816. The Morgan fingerprint density at radius 2 is 1.85 bits per heavy atom. The van der Waals surface area contributed by atoms with Crippen LogP contribution in [-0.4, -0.2) is 20.1 Å². The molecule has 1 N–H and O–H groups in total. The monoisotopic (exact) mass is 350 g/mol. The van der Waals surface area contributed by atoms with Gasteiger partial charge < -0.3 is 14.8 Å². The topological polar surface area (TPSA) is 71.3 Å². The Kier molecular flexibility index (Phi) is 5.43. The van der Waals surface area contributed by atoms with Gasteiger partial charge in [-0.25, -0.2) is 0 Å². The number of nitrogens with zero attached hydrogens (tertiary/aromatic N) is 1. The maximum atomic E-state index is 12.5. The molecule has 0 aromatic heterocycles. The molecule has 1 fully saturated rings. The van der Waals surface area contributed by atoms with Gasteiger partial charge in [0.05, 0.1) is 25.9 Å². The van der Waals surface area contributed by atoms with E-state index in [4.69, 9.17) is 14.7 Å². The van der Waals surface area contributed by atoms with Crippen molar-refractivity contribution in [2.45, 2.75) is 25.2 Å². The summed E-state index contributed by atoms with van der Waals surface area (Å²) in [5.74, 6) is 2.03. The van der Waals surface area contributed by atoms with Crippen LogP contribution in [0, 0.1) is 17.2 Å². The highest BCUT2D eigenvalue weighted by Gasteiger charge is 2.34. The number of hydrogen-bond donors (Lipinski definition) is 1. The molecule has 0 spiro atoms. The maximum Gasteiger partial charge on any atom is 0.224 e. The van der Waals surface area contributed by atoms with Crippen LogP contribution in [0.4, 0.5) is 5.69 Å². The predicted octanol–water partition coefficient (Wildman–Crippen LogP) is 4.10. The molecule has 1 aliphatic rings. The Hall–Kier alpha value is -3.00. The van der Waals surface area contributed by atoms with Crippen molar-refractivity contribution in [1.82, 2.24) is 0 Å². The van der Waals surface area contributed by atoms with Gasteiger partial charge in [-0.15, -0.1) is 0 Å². The summed E-state index contributed by atoms with van der Waals surface area (Å²) in [5, 5.41) is 11.8. The minimum absolute atomic E-state index is 0.0265. The molecule has 0 saturated heterocycles. The van der Waals surface area contributed by atoms with Gasteiger partial charge in [-0.2, -0.15) is 5.26 Å². The fraction of sp³-hybridized carbons (Fsp3) is 0.333. The van der Waals surface area contributed by atoms with Gasteiger partial charge in [-0.3, -0.25) is 4.79 Å². The van der Waals surface area contributed by atoms with Crippen LogP contribution >= 0.6 is 0 Å². The van der Waals surface area contributed by atoms with Crippen LogP contribution in [0.5, 0.6) is 11.5 Å². The molecule has 1 saturated carbocycles. The highest BCUT2D eigenvalue weighted by Crippen LogP contribution is 2.46. The summed E-state index contributed by atoms with van der Waals surface area (Å²) in [6.07, 6.45) is 2.70. The number of rotatable bonds is 7. The first-order chi connectivity index (χ1) is 12.6. The van der Waals surface area contributed by atoms with Crippen molar-refractivity contribution in [3.63, 3.8) is 0 Å². The molecule has 1 unspecified atom stereocenters. The van der Waals surface area contributed by atoms with Gasteiger partial charge in [-0.05, 0) is 66.6 Å². The normalized spacial score (nSPS) is 14.2. The summed E-state index contributed by atoms with van der Waals surface area (Å²) in [4.78, 5) is 12.5. The number of nitriles is 1. The second-order valence-electron chi connectivity index (χ2n) is 6.50. The molecule has 1 atom stereocenters. The maximum absolute atomic E-state index is 12.5. The molecule has 1 aliphatic carbocycles. The number of methoxy groups -OCH3 is 2. The van der Waals surface area contributed by atoms with Crippen LogP contribution in [-0.2, 0) is 4.79 Å². The summed E-state index contributed by atoms with van der Waals surface area (Å²) in [6.45, 7) is 0. The number of carbonyl (C=O) groups excluding carboxylic acids is 1. The fourth-order valence-corrected chi connectivity index (χ4v) is 3.18. The molecule has 134 valence electrons. The zero-order valence-corrected chi connectivity index (χ0v) is 15.0. The summed E-state index contributed by atoms with van der Waals surface area (Å²) in [6, 6.07) is 14.8. The largest absolute Gasteiger partial charge is 0.493 e. The van der Waals surface area contributed by atoms with Crippen LogP contribution in [0.25, 0.3) is 0 Å². The van der Waals surface area contributed by atoms with E-state index in [0.717, 1.165) is 18.4 Å². The second kappa shape index (κ2) is 7.92. The molecule has 5 nitrogen and oxygen atoms in total. The van der Waals surface area contributed by atoms with E-state index >= 15 is 0 Å².